The summed E-state index contributed by atoms with van der Waals surface area (Å²) >= 11 is 0. The fourth-order valence-electron chi connectivity index (χ4n) is 5.93. The minimum Gasteiger partial charge on any atom is -0.382 e. The molecule has 4 heterocycles. The van der Waals surface area contributed by atoms with Crippen molar-refractivity contribution >= 4 is 29.0 Å². The lowest BCUT2D eigenvalue weighted by Crippen LogP contribution is -2.32. The van der Waals surface area contributed by atoms with Gasteiger partial charge in [0.15, 0.2) is 0 Å². The number of carbonyl (C=O) groups is 2. The van der Waals surface area contributed by atoms with Gasteiger partial charge in [0.25, 0.3) is 11.8 Å². The number of anilines is 2. The Kier molecular flexibility index (Phi) is 6.00. The van der Waals surface area contributed by atoms with Crippen LogP contribution in [-0.2, 0) is 4.79 Å². The standard InChI is InChI=1S/C29H27N7O2/c1-2-6-23(37)36-17-20-7-5-8-21(20)25(36)28-34-24(26-27(30)32-15-16-35(26)28)18-10-12-19(13-11-18)29(38)33-22-9-3-4-14-31-22/h3-4,9-16,20-21,25H,5,7-8,17H2,1H3,(H2,30,32)(H,31,33,38). The molecule has 3 N–H and O–H groups in total. The van der Waals surface area contributed by atoms with Crippen LogP contribution in [0.2, 0.25) is 0 Å². The second kappa shape index (κ2) is 9.63. The number of benzene rings is 1. The van der Waals surface area contributed by atoms with Gasteiger partial charge in [-0.15, -0.1) is 0 Å². The molecule has 1 saturated heterocycles. The van der Waals surface area contributed by atoms with Gasteiger partial charge in [-0.05, 0) is 61.8 Å². The first-order chi connectivity index (χ1) is 18.5. The summed E-state index contributed by atoms with van der Waals surface area (Å²) in [6.07, 6.45) is 8.43. The topological polar surface area (TPSA) is 119 Å². The number of hydrogen-bond donors (Lipinski definition) is 2. The van der Waals surface area contributed by atoms with Crippen molar-refractivity contribution in [3.63, 3.8) is 0 Å². The molecule has 9 nitrogen and oxygen atoms in total. The quantitative estimate of drug-likeness (QED) is 0.406. The number of rotatable bonds is 4. The Morgan fingerprint density at radius 3 is 2.68 bits per heavy atom. The Bertz CT molecular complexity index is 1580. The number of amides is 2. The lowest BCUT2D eigenvalue weighted by Gasteiger charge is -2.25. The molecule has 3 unspecified atom stereocenters. The number of nitrogens with one attached hydrogen (secondary N) is 1. The third-order valence-electron chi connectivity index (χ3n) is 7.59. The number of imidazole rings is 1. The molecule has 1 saturated carbocycles. The van der Waals surface area contributed by atoms with E-state index in [1.165, 1.54) is 0 Å². The molecule has 0 spiro atoms. The first kappa shape index (κ1) is 23.7. The zero-order valence-electron chi connectivity index (χ0n) is 21.0. The second-order valence-corrected chi connectivity index (χ2v) is 9.73. The molecule has 190 valence electrons. The molecule has 0 radical (unpaired) electrons. The van der Waals surface area contributed by atoms with E-state index in [4.69, 9.17) is 10.7 Å². The van der Waals surface area contributed by atoms with Crippen molar-refractivity contribution in [1.82, 2.24) is 24.3 Å². The van der Waals surface area contributed by atoms with E-state index < -0.39 is 0 Å². The van der Waals surface area contributed by atoms with Crippen LogP contribution in [0.1, 0.15) is 48.4 Å². The van der Waals surface area contributed by atoms with Crippen molar-refractivity contribution in [2.75, 3.05) is 17.6 Å². The number of nitrogens with zero attached hydrogens (tertiary/aromatic N) is 5. The van der Waals surface area contributed by atoms with Gasteiger partial charge in [0.1, 0.15) is 28.7 Å². The van der Waals surface area contributed by atoms with E-state index in [9.17, 15) is 9.59 Å². The number of nitrogen functional groups attached to an aromatic ring is 1. The predicted octanol–water partition coefficient (Wildman–Crippen LogP) is 3.95. The molecule has 38 heavy (non-hydrogen) atoms. The lowest BCUT2D eigenvalue weighted by atomic mass is 9.93. The fourth-order valence-corrected chi connectivity index (χ4v) is 5.93. The number of pyridine rings is 1. The van der Waals surface area contributed by atoms with Crippen LogP contribution >= 0.6 is 0 Å². The summed E-state index contributed by atoms with van der Waals surface area (Å²) in [5.74, 6) is 7.42. The Morgan fingerprint density at radius 1 is 1.08 bits per heavy atom. The Morgan fingerprint density at radius 2 is 1.92 bits per heavy atom. The molecule has 1 aliphatic carbocycles. The summed E-state index contributed by atoms with van der Waals surface area (Å²) in [7, 11) is 0. The average Bonchev–Trinajstić information content (AvgIpc) is 3.63. The van der Waals surface area contributed by atoms with Gasteiger partial charge in [0, 0.05) is 36.3 Å². The van der Waals surface area contributed by atoms with Crippen LogP contribution in [0.25, 0.3) is 16.8 Å². The molecule has 2 amide bonds. The molecule has 9 heteroatoms. The molecule has 3 atom stereocenters. The van der Waals surface area contributed by atoms with Crippen molar-refractivity contribution < 1.29 is 9.59 Å². The summed E-state index contributed by atoms with van der Waals surface area (Å²) in [5.41, 5.74) is 9.02. The number of hydrogen-bond acceptors (Lipinski definition) is 6. The number of carbonyl (C=O) groups excluding carboxylic acids is 2. The van der Waals surface area contributed by atoms with Crippen LogP contribution in [0, 0.1) is 23.7 Å². The van der Waals surface area contributed by atoms with Crippen LogP contribution < -0.4 is 11.1 Å². The molecule has 0 bridgehead atoms. The second-order valence-electron chi connectivity index (χ2n) is 9.73. The van der Waals surface area contributed by atoms with Crippen molar-refractivity contribution in [2.45, 2.75) is 32.2 Å². The van der Waals surface area contributed by atoms with E-state index in [1.807, 2.05) is 33.7 Å². The van der Waals surface area contributed by atoms with Gasteiger partial charge in [-0.3, -0.25) is 14.0 Å². The summed E-state index contributed by atoms with van der Waals surface area (Å²) in [4.78, 5) is 41.2. The largest absolute Gasteiger partial charge is 0.382 e. The van der Waals surface area contributed by atoms with Gasteiger partial charge in [-0.25, -0.2) is 15.0 Å². The van der Waals surface area contributed by atoms with Crippen LogP contribution in [0.5, 0.6) is 0 Å². The molecule has 1 aromatic carbocycles. The van der Waals surface area contributed by atoms with Gasteiger partial charge < -0.3 is 16.0 Å². The summed E-state index contributed by atoms with van der Waals surface area (Å²) < 4.78 is 1.96. The van der Waals surface area contributed by atoms with Gasteiger partial charge in [-0.2, -0.15) is 0 Å². The third-order valence-corrected chi connectivity index (χ3v) is 7.59. The molecule has 3 aromatic heterocycles. The smallest absolute Gasteiger partial charge is 0.299 e. The molecule has 2 fully saturated rings. The summed E-state index contributed by atoms with van der Waals surface area (Å²) in [6, 6.07) is 12.4. The number of fused-ring (bicyclic) bond motifs is 2. The number of aromatic nitrogens is 4. The van der Waals surface area contributed by atoms with Crippen LogP contribution in [0.3, 0.4) is 0 Å². The van der Waals surface area contributed by atoms with E-state index in [-0.39, 0.29) is 17.9 Å². The maximum absolute atomic E-state index is 13.0. The van der Waals surface area contributed by atoms with Crippen molar-refractivity contribution in [3.05, 3.63) is 72.4 Å². The highest BCUT2D eigenvalue weighted by atomic mass is 16.2. The summed E-state index contributed by atoms with van der Waals surface area (Å²) in [6.45, 7) is 2.37. The highest BCUT2D eigenvalue weighted by Crippen LogP contribution is 2.49. The third kappa shape index (κ3) is 4.04. The Labute approximate surface area is 220 Å². The van der Waals surface area contributed by atoms with Crippen molar-refractivity contribution in [2.24, 2.45) is 11.8 Å². The van der Waals surface area contributed by atoms with Crippen LogP contribution in [-0.4, -0.2) is 42.6 Å². The minimum atomic E-state index is -0.253. The molecule has 6 rings (SSSR count). The highest BCUT2D eigenvalue weighted by molar-refractivity contribution is 6.04. The fraction of sp³-hybridized carbons (Fsp3) is 0.276. The zero-order valence-corrected chi connectivity index (χ0v) is 21.0. The van der Waals surface area contributed by atoms with E-state index in [0.717, 1.165) is 30.7 Å². The SMILES string of the molecule is CC#CC(=O)N1CC2CCCC2C1c1nc(-c2ccc(C(=O)Nc3ccccn3)cc2)c2c(N)nccn12. The number of likely N-dealkylation sites (tertiary alicyclic amines) is 1. The lowest BCUT2D eigenvalue weighted by molar-refractivity contribution is -0.126. The summed E-state index contributed by atoms with van der Waals surface area (Å²) in [5, 5.41) is 2.80. The average molecular weight is 506 g/mol. The van der Waals surface area contributed by atoms with Crippen molar-refractivity contribution in [1.29, 1.82) is 0 Å². The monoisotopic (exact) mass is 505 g/mol. The minimum absolute atomic E-state index is 0.171. The maximum Gasteiger partial charge on any atom is 0.299 e. The normalized spacial score (nSPS) is 20.1. The van der Waals surface area contributed by atoms with Gasteiger partial charge in [-0.1, -0.05) is 30.5 Å². The van der Waals surface area contributed by atoms with E-state index >= 15 is 0 Å². The Balaban J connectivity index is 1.39. The highest BCUT2D eigenvalue weighted by Gasteiger charge is 2.48. The maximum atomic E-state index is 13.0. The van der Waals surface area contributed by atoms with E-state index in [2.05, 4.69) is 27.1 Å². The Hall–Kier alpha value is -4.71. The molecular weight excluding hydrogens is 478 g/mol. The van der Waals surface area contributed by atoms with Crippen LogP contribution in [0.15, 0.2) is 61.1 Å². The van der Waals surface area contributed by atoms with Gasteiger partial charge in [0.2, 0.25) is 0 Å². The predicted molar refractivity (Wildman–Crippen MR) is 144 cm³/mol. The molecule has 1 aliphatic heterocycles. The molecular formula is C29H27N7O2. The first-order valence-corrected chi connectivity index (χ1v) is 12.7. The zero-order chi connectivity index (χ0) is 26.2. The number of nitrogens with two attached hydrogens (primary N) is 1. The van der Waals surface area contributed by atoms with Gasteiger partial charge >= 0.3 is 0 Å². The van der Waals surface area contributed by atoms with Gasteiger partial charge in [0.05, 0.1) is 6.04 Å². The van der Waals surface area contributed by atoms with E-state index in [0.29, 0.717) is 46.8 Å². The first-order valence-electron chi connectivity index (χ1n) is 12.7. The van der Waals surface area contributed by atoms with Crippen molar-refractivity contribution in [3.8, 4) is 23.1 Å². The van der Waals surface area contributed by atoms with E-state index in [1.54, 1.807) is 43.6 Å². The molecule has 2 aliphatic rings. The van der Waals surface area contributed by atoms with Crippen LogP contribution in [0.4, 0.5) is 11.6 Å². The molecule has 4 aromatic rings.